The summed E-state index contributed by atoms with van der Waals surface area (Å²) in [6, 6.07) is 10.1. The molecule has 2 saturated heterocycles. The summed E-state index contributed by atoms with van der Waals surface area (Å²) >= 11 is -0.841. The molecule has 0 saturated carbocycles. The van der Waals surface area contributed by atoms with Crippen LogP contribution in [0.5, 0.6) is 0 Å². The fourth-order valence-electron chi connectivity index (χ4n) is 5.06. The van der Waals surface area contributed by atoms with Crippen LogP contribution in [-0.2, 0) is 26.5 Å². The SMILES string of the molecule is CN(O)C(=O)C(C)(C)CC/C=C\C[C@@H]1[C@H](CC[S+]([O-])Cc2ccccc2)[C@@H]2CC[C@H]1O2. The van der Waals surface area contributed by atoms with Crippen molar-refractivity contribution in [2.75, 3.05) is 12.8 Å². The molecule has 3 rings (SSSR count). The zero-order valence-corrected chi connectivity index (χ0v) is 19.9. The first kappa shape index (κ1) is 24.3. The van der Waals surface area contributed by atoms with Gasteiger partial charge in [-0.1, -0.05) is 56.3 Å². The van der Waals surface area contributed by atoms with Gasteiger partial charge in [-0.2, -0.15) is 0 Å². The molecule has 1 amide bonds. The fraction of sp³-hybridized carbons (Fsp3) is 0.640. The molecular formula is C25H37NO4S. The molecule has 2 heterocycles. The van der Waals surface area contributed by atoms with Crippen LogP contribution in [0.25, 0.3) is 0 Å². The Balaban J connectivity index is 1.45. The molecule has 2 aliphatic heterocycles. The van der Waals surface area contributed by atoms with E-state index < -0.39 is 16.6 Å². The number of benzene rings is 1. The molecule has 5 atom stereocenters. The van der Waals surface area contributed by atoms with Crippen molar-refractivity contribution >= 4 is 17.1 Å². The maximum absolute atomic E-state index is 12.6. The van der Waals surface area contributed by atoms with Crippen molar-refractivity contribution in [2.45, 2.75) is 70.3 Å². The van der Waals surface area contributed by atoms with Gasteiger partial charge in [0.1, 0.15) is 11.5 Å². The van der Waals surface area contributed by atoms with E-state index in [-0.39, 0.29) is 5.91 Å². The molecular weight excluding hydrogens is 410 g/mol. The van der Waals surface area contributed by atoms with Gasteiger partial charge in [-0.15, -0.1) is 0 Å². The van der Waals surface area contributed by atoms with E-state index in [0.717, 1.165) is 43.4 Å². The van der Waals surface area contributed by atoms with Gasteiger partial charge in [0, 0.05) is 18.0 Å². The van der Waals surface area contributed by atoms with E-state index in [1.165, 1.54) is 7.05 Å². The third-order valence-corrected chi connectivity index (χ3v) is 8.17. The fourth-order valence-corrected chi connectivity index (χ4v) is 6.30. The molecule has 31 heavy (non-hydrogen) atoms. The summed E-state index contributed by atoms with van der Waals surface area (Å²) < 4.78 is 18.8. The number of allylic oxidation sites excluding steroid dienone is 2. The predicted octanol–water partition coefficient (Wildman–Crippen LogP) is 4.72. The summed E-state index contributed by atoms with van der Waals surface area (Å²) in [6.07, 6.45) is 10.8. The van der Waals surface area contributed by atoms with Gasteiger partial charge in [-0.05, 0) is 61.5 Å². The molecule has 1 unspecified atom stereocenters. The van der Waals surface area contributed by atoms with Crippen LogP contribution in [0.2, 0.25) is 0 Å². The zero-order valence-electron chi connectivity index (χ0n) is 19.0. The summed E-state index contributed by atoms with van der Waals surface area (Å²) in [5.41, 5.74) is 0.563. The smallest absolute Gasteiger partial charge is 0.251 e. The van der Waals surface area contributed by atoms with E-state index in [4.69, 9.17) is 4.74 Å². The first-order valence-electron chi connectivity index (χ1n) is 11.4. The number of carbonyl (C=O) groups excluding carboxylic acids is 1. The third kappa shape index (κ3) is 6.58. The highest BCUT2D eigenvalue weighted by atomic mass is 32.2. The Labute approximate surface area is 190 Å². The largest absolute Gasteiger partial charge is 0.616 e. The van der Waals surface area contributed by atoms with E-state index in [0.29, 0.717) is 41.3 Å². The minimum atomic E-state index is -0.841. The predicted molar refractivity (Wildman–Crippen MR) is 124 cm³/mol. The number of hydrogen-bond acceptors (Lipinski definition) is 4. The maximum atomic E-state index is 12.6. The first-order chi connectivity index (χ1) is 14.8. The van der Waals surface area contributed by atoms with Gasteiger partial charge in [0.05, 0.1) is 12.2 Å². The molecule has 6 heteroatoms. The number of hydrogen-bond donors (Lipinski definition) is 1. The van der Waals surface area contributed by atoms with Crippen LogP contribution < -0.4 is 0 Å². The van der Waals surface area contributed by atoms with Gasteiger partial charge in [-0.25, -0.2) is 5.06 Å². The van der Waals surface area contributed by atoms with Crippen LogP contribution >= 0.6 is 0 Å². The van der Waals surface area contributed by atoms with Crippen molar-refractivity contribution in [2.24, 2.45) is 17.3 Å². The zero-order chi connectivity index (χ0) is 22.4. The molecule has 1 aromatic carbocycles. The number of ether oxygens (including phenoxy) is 1. The van der Waals surface area contributed by atoms with Crippen LogP contribution in [0.15, 0.2) is 42.5 Å². The second kappa shape index (κ2) is 11.0. The Hall–Kier alpha value is -1.34. The van der Waals surface area contributed by atoms with Crippen molar-refractivity contribution in [3.63, 3.8) is 0 Å². The van der Waals surface area contributed by atoms with Crippen LogP contribution in [-0.4, -0.2) is 45.7 Å². The van der Waals surface area contributed by atoms with Gasteiger partial charge in [0.15, 0.2) is 0 Å². The van der Waals surface area contributed by atoms with E-state index in [9.17, 15) is 14.6 Å². The summed E-state index contributed by atoms with van der Waals surface area (Å²) in [4.78, 5) is 12.0. The molecule has 1 aromatic rings. The molecule has 172 valence electrons. The van der Waals surface area contributed by atoms with E-state index >= 15 is 0 Å². The summed E-state index contributed by atoms with van der Waals surface area (Å²) in [7, 11) is 1.38. The Bertz CT molecular complexity index is 736. The van der Waals surface area contributed by atoms with Crippen molar-refractivity contribution in [1.29, 1.82) is 0 Å². The number of amides is 1. The average molecular weight is 448 g/mol. The normalized spacial score (nSPS) is 26.5. The molecule has 0 spiro atoms. The minimum Gasteiger partial charge on any atom is -0.616 e. The standard InChI is InChI=1S/C25H37NO4S/c1-25(2,24(27)26(3)28)16-9-5-8-12-20-21(23-14-13-22(20)30-23)15-17-31(29)18-19-10-6-4-7-11-19/h4-8,10-11,20-23,28H,9,12-18H2,1-3H3/b8-5-/t20-,21+,22-,23+,31?/m1/s1. The third-order valence-electron chi connectivity index (χ3n) is 6.82. The van der Waals surface area contributed by atoms with Crippen molar-refractivity contribution < 1.29 is 19.3 Å². The minimum absolute atomic E-state index is 0.258. The molecule has 5 nitrogen and oxygen atoms in total. The van der Waals surface area contributed by atoms with Crippen LogP contribution in [0, 0.1) is 17.3 Å². The first-order valence-corrected chi connectivity index (χ1v) is 12.9. The van der Waals surface area contributed by atoms with Crippen LogP contribution in [0.1, 0.15) is 57.9 Å². The molecule has 2 aliphatic rings. The number of nitrogens with zero attached hydrogens (tertiary/aromatic N) is 1. The molecule has 0 radical (unpaired) electrons. The quantitative estimate of drug-likeness (QED) is 0.231. The highest BCUT2D eigenvalue weighted by Gasteiger charge is 2.48. The summed E-state index contributed by atoms with van der Waals surface area (Å²) in [5, 5.41) is 10.1. The molecule has 2 fully saturated rings. The van der Waals surface area contributed by atoms with E-state index in [2.05, 4.69) is 12.2 Å². The highest BCUT2D eigenvalue weighted by Crippen LogP contribution is 2.46. The summed E-state index contributed by atoms with van der Waals surface area (Å²) in [6.45, 7) is 3.73. The number of fused-ring (bicyclic) bond motifs is 2. The van der Waals surface area contributed by atoms with Crippen molar-refractivity contribution in [3.05, 3.63) is 48.0 Å². The Morgan fingerprint density at radius 3 is 2.58 bits per heavy atom. The lowest BCUT2D eigenvalue weighted by atomic mass is 9.76. The monoisotopic (exact) mass is 447 g/mol. The van der Waals surface area contributed by atoms with Gasteiger partial charge in [-0.3, -0.25) is 10.0 Å². The molecule has 2 bridgehead atoms. The van der Waals surface area contributed by atoms with Gasteiger partial charge >= 0.3 is 0 Å². The highest BCUT2D eigenvalue weighted by molar-refractivity contribution is 7.90. The second-order valence-corrected chi connectivity index (χ2v) is 11.2. The number of carbonyl (C=O) groups is 1. The van der Waals surface area contributed by atoms with Gasteiger partial charge in [0.25, 0.3) is 5.91 Å². The molecule has 0 aliphatic carbocycles. The number of hydroxylamine groups is 2. The number of rotatable bonds is 11. The van der Waals surface area contributed by atoms with Crippen LogP contribution in [0.4, 0.5) is 0 Å². The Kier molecular flexibility index (Phi) is 8.62. The summed E-state index contributed by atoms with van der Waals surface area (Å²) in [5.74, 6) is 2.10. The Morgan fingerprint density at radius 1 is 1.23 bits per heavy atom. The van der Waals surface area contributed by atoms with Crippen molar-refractivity contribution in [3.8, 4) is 0 Å². The topological polar surface area (TPSA) is 72.8 Å². The molecule has 0 aromatic heterocycles. The lowest BCUT2D eigenvalue weighted by molar-refractivity contribution is -0.169. The van der Waals surface area contributed by atoms with Gasteiger partial charge in [0.2, 0.25) is 0 Å². The van der Waals surface area contributed by atoms with E-state index in [1.807, 2.05) is 44.2 Å². The van der Waals surface area contributed by atoms with Gasteiger partial charge < -0.3 is 9.29 Å². The lowest BCUT2D eigenvalue weighted by Gasteiger charge is -2.27. The Morgan fingerprint density at radius 2 is 1.90 bits per heavy atom. The average Bonchev–Trinajstić information content (AvgIpc) is 3.34. The second-order valence-electron chi connectivity index (χ2n) is 9.64. The molecule has 1 N–H and O–H groups in total. The lowest BCUT2D eigenvalue weighted by Crippen LogP contribution is -2.36. The maximum Gasteiger partial charge on any atom is 0.251 e. The van der Waals surface area contributed by atoms with Crippen LogP contribution in [0.3, 0.4) is 0 Å². The van der Waals surface area contributed by atoms with E-state index in [1.54, 1.807) is 0 Å². The van der Waals surface area contributed by atoms with Crippen molar-refractivity contribution in [1.82, 2.24) is 5.06 Å².